The second kappa shape index (κ2) is 5.46. The van der Waals surface area contributed by atoms with Crippen molar-refractivity contribution in [1.82, 2.24) is 4.90 Å². The van der Waals surface area contributed by atoms with Gasteiger partial charge in [-0.25, -0.2) is 13.2 Å². The highest BCUT2D eigenvalue weighted by atomic mass is 32.2. The van der Waals surface area contributed by atoms with Crippen LogP contribution in [0.25, 0.3) is 0 Å². The predicted molar refractivity (Wildman–Crippen MR) is 58.0 cm³/mol. The molecule has 0 aromatic rings. The molecule has 7 nitrogen and oxygen atoms in total. The lowest BCUT2D eigenvalue weighted by molar-refractivity contribution is -0.162. The van der Waals surface area contributed by atoms with Crippen LogP contribution in [0.4, 0.5) is 0 Å². The van der Waals surface area contributed by atoms with Gasteiger partial charge in [0.05, 0.1) is 20.3 Å². The van der Waals surface area contributed by atoms with E-state index in [4.69, 9.17) is 4.74 Å². The van der Waals surface area contributed by atoms with Crippen LogP contribution in [-0.4, -0.2) is 70.1 Å². The predicted octanol–water partition coefficient (Wildman–Crippen LogP) is -1.57. The summed E-state index contributed by atoms with van der Waals surface area (Å²) in [6.45, 7) is 0.498. The van der Waals surface area contributed by atoms with Gasteiger partial charge in [0.2, 0.25) is 5.91 Å². The summed E-state index contributed by atoms with van der Waals surface area (Å²) in [5.41, 5.74) is 0. The van der Waals surface area contributed by atoms with E-state index in [1.54, 1.807) is 0 Å². The number of methoxy groups -OCH3 is 1. The number of nitrogens with zero attached hydrogens (tertiary/aromatic N) is 1. The van der Waals surface area contributed by atoms with Crippen molar-refractivity contribution in [2.75, 3.05) is 38.8 Å². The third kappa shape index (κ3) is 4.31. The van der Waals surface area contributed by atoms with Crippen LogP contribution in [0.15, 0.2) is 0 Å². The Hall–Kier alpha value is -1.15. The number of ether oxygens (including phenoxy) is 2. The summed E-state index contributed by atoms with van der Waals surface area (Å²) in [5, 5.41) is 0. The minimum absolute atomic E-state index is 0.0288. The smallest absolute Gasteiger partial charge is 0.336 e. The maximum Gasteiger partial charge on any atom is 0.336 e. The lowest BCUT2D eigenvalue weighted by atomic mass is 10.2. The van der Waals surface area contributed by atoms with E-state index in [0.29, 0.717) is 0 Å². The van der Waals surface area contributed by atoms with Crippen molar-refractivity contribution in [3.05, 3.63) is 0 Å². The molecular weight excluding hydrogens is 250 g/mol. The molecule has 0 aromatic heterocycles. The molecule has 1 aliphatic rings. The van der Waals surface area contributed by atoms with Gasteiger partial charge in [0.15, 0.2) is 15.9 Å². The third-order valence-corrected chi connectivity index (χ3v) is 3.04. The molecule has 17 heavy (non-hydrogen) atoms. The average molecular weight is 265 g/mol. The largest absolute Gasteiger partial charge is 0.467 e. The normalized spacial score (nSPS) is 21.1. The van der Waals surface area contributed by atoms with Crippen molar-refractivity contribution < 1.29 is 27.5 Å². The number of rotatable bonds is 3. The Bertz CT molecular complexity index is 404. The first-order valence-electron chi connectivity index (χ1n) is 4.98. The first-order valence-corrected chi connectivity index (χ1v) is 7.04. The Labute approximate surface area is 99.6 Å². The number of hydrogen-bond acceptors (Lipinski definition) is 6. The standard InChI is InChI=1S/C9H15NO6S/c1-15-9(12)7-5-10(3-4-16-7)8(11)6-17(2,13)14/h7H,3-6H2,1-2H3. The molecule has 98 valence electrons. The molecule has 1 atom stereocenters. The molecule has 1 aliphatic heterocycles. The van der Waals surface area contributed by atoms with Gasteiger partial charge in [-0.05, 0) is 0 Å². The molecule has 0 aliphatic carbocycles. The molecule has 0 saturated carbocycles. The topological polar surface area (TPSA) is 90.0 Å². The van der Waals surface area contributed by atoms with Crippen LogP contribution in [0.5, 0.6) is 0 Å². The molecule has 1 amide bonds. The number of carbonyl (C=O) groups is 2. The molecule has 1 fully saturated rings. The van der Waals surface area contributed by atoms with E-state index in [9.17, 15) is 18.0 Å². The monoisotopic (exact) mass is 265 g/mol. The van der Waals surface area contributed by atoms with Crippen LogP contribution in [0.2, 0.25) is 0 Å². The van der Waals surface area contributed by atoms with Crippen molar-refractivity contribution >= 4 is 21.7 Å². The van der Waals surface area contributed by atoms with Crippen LogP contribution in [-0.2, 0) is 28.9 Å². The van der Waals surface area contributed by atoms with Gasteiger partial charge in [-0.2, -0.15) is 0 Å². The highest BCUT2D eigenvalue weighted by Gasteiger charge is 2.30. The number of carbonyl (C=O) groups excluding carboxylic acids is 2. The Morgan fingerprint density at radius 2 is 2.12 bits per heavy atom. The molecule has 1 saturated heterocycles. The summed E-state index contributed by atoms with van der Waals surface area (Å²) in [7, 11) is -2.14. The Kier molecular flexibility index (Phi) is 4.47. The molecule has 8 heteroatoms. The fourth-order valence-corrected chi connectivity index (χ4v) is 2.10. The number of sulfone groups is 1. The third-order valence-electron chi connectivity index (χ3n) is 2.27. The van der Waals surface area contributed by atoms with Gasteiger partial charge in [0.25, 0.3) is 0 Å². The van der Waals surface area contributed by atoms with Crippen LogP contribution < -0.4 is 0 Å². The molecule has 1 unspecified atom stereocenters. The maximum absolute atomic E-state index is 11.6. The van der Waals surface area contributed by atoms with E-state index in [2.05, 4.69) is 4.74 Å². The molecule has 1 heterocycles. The highest BCUT2D eigenvalue weighted by Crippen LogP contribution is 2.07. The second-order valence-electron chi connectivity index (χ2n) is 3.79. The molecule has 0 radical (unpaired) electrons. The van der Waals surface area contributed by atoms with E-state index in [1.807, 2.05) is 0 Å². The van der Waals surface area contributed by atoms with E-state index in [0.717, 1.165) is 6.26 Å². The molecule has 1 rings (SSSR count). The maximum atomic E-state index is 11.6. The van der Waals surface area contributed by atoms with Crippen molar-refractivity contribution in [2.45, 2.75) is 6.10 Å². The molecule has 0 spiro atoms. The van der Waals surface area contributed by atoms with Gasteiger partial charge in [-0.1, -0.05) is 0 Å². The van der Waals surface area contributed by atoms with Crippen molar-refractivity contribution in [1.29, 1.82) is 0 Å². The Morgan fingerprint density at radius 1 is 1.47 bits per heavy atom. The second-order valence-corrected chi connectivity index (χ2v) is 5.93. The van der Waals surface area contributed by atoms with Crippen LogP contribution in [0.3, 0.4) is 0 Å². The Balaban J connectivity index is 2.61. The fourth-order valence-electron chi connectivity index (χ4n) is 1.47. The number of hydrogen-bond donors (Lipinski definition) is 0. The van der Waals surface area contributed by atoms with Crippen molar-refractivity contribution in [3.63, 3.8) is 0 Å². The van der Waals surface area contributed by atoms with E-state index >= 15 is 0 Å². The van der Waals surface area contributed by atoms with Crippen LogP contribution in [0.1, 0.15) is 0 Å². The zero-order valence-corrected chi connectivity index (χ0v) is 10.5. The summed E-state index contributed by atoms with van der Waals surface area (Å²) in [6.07, 6.45) is 0.153. The lowest BCUT2D eigenvalue weighted by Crippen LogP contribution is -2.50. The van der Waals surface area contributed by atoms with Crippen LogP contribution >= 0.6 is 0 Å². The van der Waals surface area contributed by atoms with Gasteiger partial charge < -0.3 is 14.4 Å². The zero-order chi connectivity index (χ0) is 13.1. The molecule has 0 bridgehead atoms. The summed E-state index contributed by atoms with van der Waals surface area (Å²) in [6, 6.07) is 0. The van der Waals surface area contributed by atoms with Gasteiger partial charge in [0, 0.05) is 12.8 Å². The first-order chi connectivity index (χ1) is 7.83. The molecule has 0 N–H and O–H groups in total. The minimum atomic E-state index is -3.36. The lowest BCUT2D eigenvalue weighted by Gasteiger charge is -2.31. The number of esters is 1. The van der Waals surface area contributed by atoms with E-state index in [1.165, 1.54) is 12.0 Å². The summed E-state index contributed by atoms with van der Waals surface area (Å²) in [5.74, 6) is -1.65. The minimum Gasteiger partial charge on any atom is -0.467 e. The first kappa shape index (κ1) is 13.9. The van der Waals surface area contributed by atoms with Gasteiger partial charge in [0.1, 0.15) is 5.75 Å². The van der Waals surface area contributed by atoms with Gasteiger partial charge in [-0.15, -0.1) is 0 Å². The van der Waals surface area contributed by atoms with E-state index < -0.39 is 33.6 Å². The fraction of sp³-hybridized carbons (Fsp3) is 0.778. The summed E-state index contributed by atoms with van der Waals surface area (Å²) >= 11 is 0. The highest BCUT2D eigenvalue weighted by molar-refractivity contribution is 7.91. The van der Waals surface area contributed by atoms with Crippen molar-refractivity contribution in [2.24, 2.45) is 0 Å². The summed E-state index contributed by atoms with van der Waals surface area (Å²) in [4.78, 5) is 24.1. The average Bonchev–Trinajstić information content (AvgIpc) is 2.26. The SMILES string of the molecule is COC(=O)C1CN(C(=O)CS(C)(=O)=O)CCO1. The quantitative estimate of drug-likeness (QED) is 0.573. The molecule has 0 aromatic carbocycles. The zero-order valence-electron chi connectivity index (χ0n) is 9.71. The number of amides is 1. The molecular formula is C9H15NO6S. The van der Waals surface area contributed by atoms with Crippen molar-refractivity contribution in [3.8, 4) is 0 Å². The summed E-state index contributed by atoms with van der Waals surface area (Å²) < 4.78 is 31.6. The van der Waals surface area contributed by atoms with E-state index in [-0.39, 0.29) is 19.7 Å². The van der Waals surface area contributed by atoms with Crippen LogP contribution in [0, 0.1) is 0 Å². The van der Waals surface area contributed by atoms with Gasteiger partial charge in [-0.3, -0.25) is 4.79 Å². The Morgan fingerprint density at radius 3 is 2.65 bits per heavy atom. The number of morpholine rings is 1. The van der Waals surface area contributed by atoms with Gasteiger partial charge >= 0.3 is 5.97 Å².